The van der Waals surface area contributed by atoms with E-state index in [1.54, 1.807) is 13.0 Å². The number of alkyl halides is 3. The number of aryl methyl sites for hydroxylation is 2. The van der Waals surface area contributed by atoms with E-state index in [4.69, 9.17) is 0 Å². The Kier molecular flexibility index (Phi) is 7.73. The molecule has 0 aliphatic heterocycles. The molecule has 0 amide bonds. The average molecular weight is 493 g/mol. The van der Waals surface area contributed by atoms with E-state index in [1.807, 2.05) is 30.3 Å². The van der Waals surface area contributed by atoms with Gasteiger partial charge < -0.3 is 5.11 Å². The highest BCUT2D eigenvalue weighted by atomic mass is 32.2. The van der Waals surface area contributed by atoms with E-state index < -0.39 is 27.9 Å². The van der Waals surface area contributed by atoms with Crippen LogP contribution in [0, 0.1) is 6.92 Å². The van der Waals surface area contributed by atoms with Crippen LogP contribution in [0.5, 0.6) is 0 Å². The smallest absolute Gasteiger partial charge is 0.433 e. The molecular weight excluding hydrogens is 469 g/mol. The first-order valence-electron chi connectivity index (χ1n) is 10.4. The van der Waals surface area contributed by atoms with E-state index in [-0.39, 0.29) is 23.5 Å². The molecule has 6 nitrogen and oxygen atoms in total. The lowest BCUT2D eigenvalue weighted by Crippen LogP contribution is -2.32. The quantitative estimate of drug-likeness (QED) is 0.458. The summed E-state index contributed by atoms with van der Waals surface area (Å²) in [6, 6.07) is 15.4. The molecule has 1 aromatic heterocycles. The third-order valence-electron chi connectivity index (χ3n) is 5.32. The molecule has 180 valence electrons. The molecule has 0 spiro atoms. The van der Waals surface area contributed by atoms with Crippen molar-refractivity contribution < 1.29 is 31.5 Å². The Morgan fingerprint density at radius 3 is 2.32 bits per heavy atom. The van der Waals surface area contributed by atoms with Gasteiger partial charge >= 0.3 is 12.1 Å². The van der Waals surface area contributed by atoms with Crippen molar-refractivity contribution in [3.05, 3.63) is 94.8 Å². The van der Waals surface area contributed by atoms with Gasteiger partial charge in [0.15, 0.2) is 0 Å². The summed E-state index contributed by atoms with van der Waals surface area (Å²) in [5.41, 5.74) is 1.11. The third kappa shape index (κ3) is 6.21. The maximum atomic E-state index is 13.3. The monoisotopic (exact) mass is 492 g/mol. The second kappa shape index (κ2) is 10.4. The number of pyridine rings is 1. The van der Waals surface area contributed by atoms with Crippen LogP contribution in [0.25, 0.3) is 0 Å². The van der Waals surface area contributed by atoms with Gasteiger partial charge in [-0.05, 0) is 60.7 Å². The number of carboxylic acid groups (broad SMARTS) is 1. The molecule has 0 aliphatic rings. The number of nitrogens with zero attached hydrogens (tertiary/aromatic N) is 2. The molecule has 3 aromatic rings. The molecule has 0 aliphatic carbocycles. The van der Waals surface area contributed by atoms with Gasteiger partial charge in [0.05, 0.1) is 5.56 Å². The molecule has 3 rings (SSSR count). The molecule has 0 unspecified atom stereocenters. The lowest BCUT2D eigenvalue weighted by Gasteiger charge is -2.23. The molecule has 0 fully saturated rings. The zero-order chi connectivity index (χ0) is 24.9. The Morgan fingerprint density at radius 2 is 1.76 bits per heavy atom. The molecule has 0 bridgehead atoms. The fourth-order valence-electron chi connectivity index (χ4n) is 3.43. The molecule has 34 heavy (non-hydrogen) atoms. The van der Waals surface area contributed by atoms with Crippen LogP contribution >= 0.6 is 0 Å². The van der Waals surface area contributed by atoms with Gasteiger partial charge in [0.1, 0.15) is 10.6 Å². The van der Waals surface area contributed by atoms with Gasteiger partial charge in [0.2, 0.25) is 10.0 Å². The Hall–Kier alpha value is -3.24. The number of sulfonamides is 1. The van der Waals surface area contributed by atoms with Crippen molar-refractivity contribution in [2.45, 2.75) is 37.4 Å². The second-order valence-corrected chi connectivity index (χ2v) is 9.69. The van der Waals surface area contributed by atoms with Crippen molar-refractivity contribution in [2.75, 3.05) is 6.54 Å². The number of aromatic nitrogens is 1. The first-order valence-corrected chi connectivity index (χ1v) is 11.8. The predicted octanol–water partition coefficient (Wildman–Crippen LogP) is 4.93. The molecule has 10 heteroatoms. The number of carboxylic acids is 1. The number of hydrogen-bond donors (Lipinski definition) is 1. The number of aromatic carboxylic acids is 1. The van der Waals surface area contributed by atoms with Crippen LogP contribution in [0.4, 0.5) is 13.2 Å². The standard InChI is InChI=1S/C24H23F3N2O4S/c1-17-14-19(23(30)31)9-10-20(17)16-29(13-5-8-18-6-3-2-4-7-18)34(32,33)21-11-12-22(28-15-21)24(25,26)27/h2-4,6-7,9-12,14-15H,5,8,13,16H2,1H3,(H,30,31). The highest BCUT2D eigenvalue weighted by molar-refractivity contribution is 7.89. The Morgan fingerprint density at radius 1 is 1.06 bits per heavy atom. The highest BCUT2D eigenvalue weighted by Crippen LogP contribution is 2.29. The largest absolute Gasteiger partial charge is 0.478 e. The van der Waals surface area contributed by atoms with Crippen LogP contribution < -0.4 is 0 Å². The average Bonchev–Trinajstić information content (AvgIpc) is 2.79. The maximum Gasteiger partial charge on any atom is 0.433 e. The summed E-state index contributed by atoms with van der Waals surface area (Å²) in [6.45, 7) is 1.72. The lowest BCUT2D eigenvalue weighted by atomic mass is 10.0. The SMILES string of the molecule is Cc1cc(C(=O)O)ccc1CN(CCCc1ccccc1)S(=O)(=O)c1ccc(C(F)(F)F)nc1. The van der Waals surface area contributed by atoms with Crippen molar-refractivity contribution >= 4 is 16.0 Å². The topological polar surface area (TPSA) is 87.6 Å². The number of halogens is 3. The van der Waals surface area contributed by atoms with Crippen LogP contribution in [-0.4, -0.2) is 35.3 Å². The summed E-state index contributed by atoms with van der Waals surface area (Å²) < 4.78 is 66.4. The van der Waals surface area contributed by atoms with E-state index in [0.717, 1.165) is 11.6 Å². The number of hydrogen-bond acceptors (Lipinski definition) is 4. The lowest BCUT2D eigenvalue weighted by molar-refractivity contribution is -0.141. The Labute approximate surface area is 195 Å². The van der Waals surface area contributed by atoms with Crippen LogP contribution in [0.15, 0.2) is 71.8 Å². The first kappa shape index (κ1) is 25.4. The van der Waals surface area contributed by atoms with Crippen molar-refractivity contribution in [3.63, 3.8) is 0 Å². The summed E-state index contributed by atoms with van der Waals surface area (Å²) in [6.07, 6.45) is -2.89. The fraction of sp³-hybridized carbons (Fsp3) is 0.250. The predicted molar refractivity (Wildman–Crippen MR) is 120 cm³/mol. The first-order chi connectivity index (χ1) is 16.0. The van der Waals surface area contributed by atoms with Crippen molar-refractivity contribution in [1.29, 1.82) is 0 Å². The van der Waals surface area contributed by atoms with E-state index in [2.05, 4.69) is 4.98 Å². The minimum Gasteiger partial charge on any atom is -0.478 e. The zero-order valence-corrected chi connectivity index (χ0v) is 19.1. The zero-order valence-electron chi connectivity index (χ0n) is 18.3. The van der Waals surface area contributed by atoms with Gasteiger partial charge in [0.25, 0.3) is 0 Å². The molecule has 0 saturated carbocycles. The molecule has 2 aromatic carbocycles. The molecular formula is C24H23F3N2O4S. The molecule has 0 radical (unpaired) electrons. The third-order valence-corrected chi connectivity index (χ3v) is 7.15. The number of rotatable bonds is 9. The van der Waals surface area contributed by atoms with E-state index in [1.165, 1.54) is 16.4 Å². The van der Waals surface area contributed by atoms with Crippen LogP contribution in [0.1, 0.15) is 39.2 Å². The Balaban J connectivity index is 1.89. The molecule has 1 heterocycles. The minimum absolute atomic E-state index is 0.0656. The normalized spacial score (nSPS) is 12.1. The summed E-state index contributed by atoms with van der Waals surface area (Å²) in [5.74, 6) is -1.10. The van der Waals surface area contributed by atoms with Crippen molar-refractivity contribution in [1.82, 2.24) is 9.29 Å². The van der Waals surface area contributed by atoms with Gasteiger partial charge in [-0.25, -0.2) is 13.2 Å². The van der Waals surface area contributed by atoms with E-state index in [0.29, 0.717) is 36.2 Å². The summed E-state index contributed by atoms with van der Waals surface area (Å²) >= 11 is 0. The fourth-order valence-corrected chi connectivity index (χ4v) is 4.84. The minimum atomic E-state index is -4.68. The van der Waals surface area contributed by atoms with Crippen LogP contribution in [0.3, 0.4) is 0 Å². The second-order valence-electron chi connectivity index (χ2n) is 7.75. The number of benzene rings is 2. The van der Waals surface area contributed by atoms with Crippen LogP contribution in [-0.2, 0) is 29.2 Å². The highest BCUT2D eigenvalue weighted by Gasteiger charge is 2.33. The van der Waals surface area contributed by atoms with Gasteiger partial charge in [-0.1, -0.05) is 36.4 Å². The summed E-state index contributed by atoms with van der Waals surface area (Å²) in [5, 5.41) is 9.17. The summed E-state index contributed by atoms with van der Waals surface area (Å²) in [4.78, 5) is 14.2. The van der Waals surface area contributed by atoms with Gasteiger partial charge in [-0.2, -0.15) is 17.5 Å². The van der Waals surface area contributed by atoms with Crippen molar-refractivity contribution in [3.8, 4) is 0 Å². The summed E-state index contributed by atoms with van der Waals surface area (Å²) in [7, 11) is -4.17. The number of carbonyl (C=O) groups is 1. The van der Waals surface area contributed by atoms with E-state index >= 15 is 0 Å². The molecule has 0 atom stereocenters. The van der Waals surface area contributed by atoms with Crippen molar-refractivity contribution in [2.24, 2.45) is 0 Å². The van der Waals surface area contributed by atoms with E-state index in [9.17, 15) is 31.5 Å². The van der Waals surface area contributed by atoms with Gasteiger partial charge in [0, 0.05) is 19.3 Å². The van der Waals surface area contributed by atoms with Crippen LogP contribution in [0.2, 0.25) is 0 Å². The molecule has 0 saturated heterocycles. The maximum absolute atomic E-state index is 13.3. The van der Waals surface area contributed by atoms with Gasteiger partial charge in [-0.3, -0.25) is 4.98 Å². The molecule has 1 N–H and O–H groups in total. The van der Waals surface area contributed by atoms with Gasteiger partial charge in [-0.15, -0.1) is 0 Å². The Bertz CT molecular complexity index is 1250.